The summed E-state index contributed by atoms with van der Waals surface area (Å²) in [6.45, 7) is 5.21. The van der Waals surface area contributed by atoms with Crippen molar-refractivity contribution in [3.8, 4) is 5.75 Å². The Kier molecular flexibility index (Phi) is 8.73. The monoisotopic (exact) mass is 421 g/mol. The number of carbonyl (C=O) groups is 1. The van der Waals surface area contributed by atoms with E-state index in [0.717, 1.165) is 43.9 Å². The van der Waals surface area contributed by atoms with Gasteiger partial charge in [0, 0.05) is 17.7 Å². The van der Waals surface area contributed by atoms with Crippen LogP contribution in [0.2, 0.25) is 0 Å². The van der Waals surface area contributed by atoms with Crippen molar-refractivity contribution in [3.05, 3.63) is 89.4 Å². The largest absolute Gasteiger partial charge is 0.497 e. The highest BCUT2D eigenvalue weighted by Crippen LogP contribution is 2.12. The molecule has 1 atom stereocenters. The number of nitrogens with one attached hydrogen (secondary N) is 2. The van der Waals surface area contributed by atoms with Gasteiger partial charge in [-0.15, -0.1) is 0 Å². The molecule has 1 aromatic heterocycles. The topological polar surface area (TPSA) is 55.9 Å². The van der Waals surface area contributed by atoms with Gasteiger partial charge in [-0.1, -0.05) is 62.2 Å². The van der Waals surface area contributed by atoms with E-state index in [1.165, 1.54) is 16.0 Å². The van der Waals surface area contributed by atoms with E-state index in [4.69, 9.17) is 9.15 Å². The van der Waals surface area contributed by atoms with Crippen molar-refractivity contribution in [1.29, 1.82) is 0 Å². The molecule has 0 saturated heterocycles. The summed E-state index contributed by atoms with van der Waals surface area (Å²) in [5.41, 5.74) is 2.46. The van der Waals surface area contributed by atoms with Crippen LogP contribution in [0.4, 0.5) is 0 Å². The van der Waals surface area contributed by atoms with Gasteiger partial charge >= 0.3 is 0 Å². The molecule has 0 radical (unpaired) electrons. The Morgan fingerprint density at radius 3 is 2.48 bits per heavy atom. The first-order valence-corrected chi connectivity index (χ1v) is 11.0. The molecule has 164 valence electrons. The second kappa shape index (κ2) is 12.0. The second-order valence-electron chi connectivity index (χ2n) is 7.85. The number of benzene rings is 2. The predicted octanol–water partition coefficient (Wildman–Crippen LogP) is 3.99. The molecule has 5 heteroatoms. The molecule has 1 amide bonds. The Bertz CT molecular complexity index is 937. The molecule has 3 aromatic rings. The summed E-state index contributed by atoms with van der Waals surface area (Å²) < 4.78 is 11.3. The fourth-order valence-corrected chi connectivity index (χ4v) is 3.65. The summed E-state index contributed by atoms with van der Waals surface area (Å²) in [6.07, 6.45) is 3.24. The van der Waals surface area contributed by atoms with E-state index in [2.05, 4.69) is 48.6 Å². The summed E-state index contributed by atoms with van der Waals surface area (Å²) in [6, 6.07) is 22.3. The summed E-state index contributed by atoms with van der Waals surface area (Å²) in [5, 5.41) is 2.94. The molecule has 2 N–H and O–H groups in total. The lowest BCUT2D eigenvalue weighted by Gasteiger charge is -2.19. The van der Waals surface area contributed by atoms with Crippen LogP contribution in [-0.2, 0) is 19.6 Å². The fraction of sp³-hybridized carbons (Fsp3) is 0.346. The number of rotatable bonds is 12. The zero-order valence-corrected chi connectivity index (χ0v) is 18.5. The number of unbranched alkanes of at least 4 members (excludes halogenated alkanes) is 2. The molecule has 5 nitrogen and oxygen atoms in total. The molecule has 0 bridgehead atoms. The average molecular weight is 422 g/mol. The molecule has 0 aliphatic rings. The lowest BCUT2D eigenvalue weighted by Crippen LogP contribution is -3.08. The first-order valence-electron chi connectivity index (χ1n) is 11.0. The molecular weight excluding hydrogens is 388 g/mol. The van der Waals surface area contributed by atoms with Gasteiger partial charge in [-0.25, -0.2) is 0 Å². The minimum atomic E-state index is -0.139. The minimum Gasteiger partial charge on any atom is -0.497 e. The highest BCUT2D eigenvalue weighted by molar-refractivity contribution is 5.91. The van der Waals surface area contributed by atoms with Crippen LogP contribution >= 0.6 is 0 Å². The molecule has 0 aliphatic heterocycles. The fourth-order valence-electron chi connectivity index (χ4n) is 3.65. The lowest BCUT2D eigenvalue weighted by atomic mass is 10.1. The van der Waals surface area contributed by atoms with Crippen LogP contribution < -0.4 is 15.0 Å². The molecule has 3 rings (SSSR count). The summed E-state index contributed by atoms with van der Waals surface area (Å²) in [5.74, 6) is 1.91. The van der Waals surface area contributed by atoms with Crippen molar-refractivity contribution in [2.24, 2.45) is 0 Å². The second-order valence-corrected chi connectivity index (χ2v) is 7.85. The first-order chi connectivity index (χ1) is 15.2. The van der Waals surface area contributed by atoms with Gasteiger partial charge < -0.3 is 19.4 Å². The number of carbonyl (C=O) groups excluding carboxylic acids is 1. The van der Waals surface area contributed by atoms with Gasteiger partial charge in [0.1, 0.15) is 25.4 Å². The van der Waals surface area contributed by atoms with E-state index in [0.29, 0.717) is 18.8 Å². The van der Waals surface area contributed by atoms with E-state index in [1.807, 2.05) is 24.3 Å². The van der Waals surface area contributed by atoms with Gasteiger partial charge in [-0.3, -0.25) is 4.79 Å². The van der Waals surface area contributed by atoms with Gasteiger partial charge in [0.05, 0.1) is 7.11 Å². The molecule has 0 saturated carbocycles. The number of ether oxygens (including phenoxy) is 1. The van der Waals surface area contributed by atoms with E-state index in [1.54, 1.807) is 13.2 Å². The molecule has 0 aliphatic carbocycles. The molecule has 0 spiro atoms. The molecular formula is C26H33N2O3+. The van der Waals surface area contributed by atoms with Gasteiger partial charge in [0.25, 0.3) is 5.91 Å². The van der Waals surface area contributed by atoms with Crippen LogP contribution in [-0.4, -0.2) is 19.6 Å². The lowest BCUT2D eigenvalue weighted by molar-refractivity contribution is -0.942. The number of furan rings is 1. The van der Waals surface area contributed by atoms with Crippen molar-refractivity contribution >= 4 is 5.91 Å². The predicted molar refractivity (Wildman–Crippen MR) is 122 cm³/mol. The van der Waals surface area contributed by atoms with Crippen molar-refractivity contribution in [2.45, 2.75) is 45.8 Å². The van der Waals surface area contributed by atoms with Crippen molar-refractivity contribution in [3.63, 3.8) is 0 Å². The summed E-state index contributed by atoms with van der Waals surface area (Å²) in [7, 11) is 1.69. The van der Waals surface area contributed by atoms with E-state index in [9.17, 15) is 4.79 Å². The van der Waals surface area contributed by atoms with Crippen LogP contribution in [0, 0.1) is 0 Å². The Hall–Kier alpha value is -3.05. The van der Waals surface area contributed by atoms with Crippen molar-refractivity contribution in [1.82, 2.24) is 5.32 Å². The third-order valence-corrected chi connectivity index (χ3v) is 5.26. The molecule has 1 unspecified atom stereocenters. The number of quaternary nitrogens is 1. The minimum absolute atomic E-state index is 0.139. The van der Waals surface area contributed by atoms with Gasteiger partial charge in [0.15, 0.2) is 11.5 Å². The van der Waals surface area contributed by atoms with Crippen LogP contribution in [0.5, 0.6) is 5.75 Å². The van der Waals surface area contributed by atoms with Gasteiger partial charge in [0.2, 0.25) is 0 Å². The quantitative estimate of drug-likeness (QED) is 0.435. The van der Waals surface area contributed by atoms with Crippen LogP contribution in [0.25, 0.3) is 0 Å². The zero-order chi connectivity index (χ0) is 21.9. The number of amides is 1. The van der Waals surface area contributed by atoms with Crippen molar-refractivity contribution < 1.29 is 18.8 Å². The maximum atomic E-state index is 12.3. The molecule has 1 heterocycles. The normalized spacial score (nSPS) is 11.8. The highest BCUT2D eigenvalue weighted by atomic mass is 16.5. The third-order valence-electron chi connectivity index (χ3n) is 5.26. The average Bonchev–Trinajstić information content (AvgIpc) is 3.26. The summed E-state index contributed by atoms with van der Waals surface area (Å²) in [4.78, 5) is 13.7. The van der Waals surface area contributed by atoms with E-state index in [-0.39, 0.29) is 5.91 Å². The Morgan fingerprint density at radius 2 is 1.71 bits per heavy atom. The number of methoxy groups -OCH3 is 1. The van der Waals surface area contributed by atoms with Gasteiger partial charge in [-0.05, 0) is 30.7 Å². The van der Waals surface area contributed by atoms with Crippen LogP contribution in [0.1, 0.15) is 53.6 Å². The molecule has 31 heavy (non-hydrogen) atoms. The van der Waals surface area contributed by atoms with Gasteiger partial charge in [-0.2, -0.15) is 0 Å². The summed E-state index contributed by atoms with van der Waals surface area (Å²) >= 11 is 0. The van der Waals surface area contributed by atoms with E-state index >= 15 is 0 Å². The zero-order valence-electron chi connectivity index (χ0n) is 18.5. The van der Waals surface area contributed by atoms with Crippen LogP contribution in [0.15, 0.2) is 71.1 Å². The SMILES string of the molecule is CCCCCNC(=O)c1ccc(C[NH+](Cc2ccccc2)Cc2cccc(OC)c2)o1. The molecule has 2 aromatic carbocycles. The maximum Gasteiger partial charge on any atom is 0.286 e. The number of hydrogen-bond acceptors (Lipinski definition) is 3. The Labute approximate surface area is 185 Å². The number of hydrogen-bond donors (Lipinski definition) is 2. The molecule has 0 fully saturated rings. The van der Waals surface area contributed by atoms with Crippen molar-refractivity contribution in [2.75, 3.05) is 13.7 Å². The smallest absolute Gasteiger partial charge is 0.286 e. The maximum absolute atomic E-state index is 12.3. The Morgan fingerprint density at radius 1 is 0.935 bits per heavy atom. The van der Waals surface area contributed by atoms with E-state index < -0.39 is 0 Å². The Balaban J connectivity index is 1.68. The highest BCUT2D eigenvalue weighted by Gasteiger charge is 2.17. The van der Waals surface area contributed by atoms with Crippen LogP contribution in [0.3, 0.4) is 0 Å². The standard InChI is InChI=1S/C26H32N2O3/c1-3-4-8-16-27-26(29)25-15-14-24(31-25)20-28(18-21-10-6-5-7-11-21)19-22-12-9-13-23(17-22)30-2/h5-7,9-15,17H,3-4,8,16,18-20H2,1-2H3,(H,27,29)/p+1. The first kappa shape index (κ1) is 22.6. The third kappa shape index (κ3) is 7.30.